The zero-order valence-electron chi connectivity index (χ0n) is 28.1. The molecule has 3 N–H and O–H groups in total. The third-order valence-corrected chi connectivity index (χ3v) is 8.83. The Morgan fingerprint density at radius 2 is 0.537 bits per heavy atom. The number of unbranched alkanes of at least 4 members (excludes halogenated alkanes) is 28. The van der Waals surface area contributed by atoms with Gasteiger partial charge in [0.05, 0.1) is 0 Å². The molecule has 0 fully saturated rings. The molecule has 0 aliphatic rings. The lowest BCUT2D eigenvalue weighted by Crippen LogP contribution is -3.00. The molecular formula is C37H74ClNO2. The molecule has 0 saturated carbocycles. The maximum Gasteiger partial charge on any atom is 0.202 e. The van der Waals surface area contributed by atoms with E-state index in [1.54, 1.807) is 0 Å². The van der Waals surface area contributed by atoms with Crippen molar-refractivity contribution in [2.45, 2.75) is 225 Å². The third kappa shape index (κ3) is 32.3. The Bertz CT molecular complexity index is 493. The molecule has 0 aliphatic heterocycles. The van der Waals surface area contributed by atoms with Crippen molar-refractivity contribution in [2.24, 2.45) is 0 Å². The molecule has 0 aromatic carbocycles. The number of carbonyl (C=O) groups is 2. The van der Waals surface area contributed by atoms with Gasteiger partial charge < -0.3 is 18.1 Å². The smallest absolute Gasteiger partial charge is 0.202 e. The van der Waals surface area contributed by atoms with Crippen LogP contribution < -0.4 is 18.1 Å². The Morgan fingerprint density at radius 3 is 0.732 bits per heavy atom. The van der Waals surface area contributed by atoms with Crippen molar-refractivity contribution < 1.29 is 27.7 Å². The van der Waals surface area contributed by atoms with Crippen LogP contribution in [0.3, 0.4) is 0 Å². The topological polar surface area (TPSA) is 61.8 Å². The van der Waals surface area contributed by atoms with Gasteiger partial charge in [0.1, 0.15) is 0 Å². The van der Waals surface area contributed by atoms with Gasteiger partial charge in [0.15, 0.2) is 11.6 Å². The highest BCUT2D eigenvalue weighted by atomic mass is 35.5. The highest BCUT2D eigenvalue weighted by molar-refractivity contribution is 6.04. The molecule has 0 heterocycles. The first kappa shape index (κ1) is 42.7. The van der Waals surface area contributed by atoms with Crippen molar-refractivity contribution in [1.82, 2.24) is 0 Å². The van der Waals surface area contributed by atoms with E-state index in [2.05, 4.69) is 19.6 Å². The van der Waals surface area contributed by atoms with Crippen molar-refractivity contribution in [3.05, 3.63) is 0 Å². The zero-order valence-corrected chi connectivity index (χ0v) is 28.9. The number of carbonyl (C=O) groups excluding carboxylic acids is 2. The van der Waals surface area contributed by atoms with Crippen molar-refractivity contribution >= 4 is 11.6 Å². The van der Waals surface area contributed by atoms with E-state index in [1.165, 1.54) is 167 Å². The fourth-order valence-electron chi connectivity index (χ4n) is 5.87. The van der Waals surface area contributed by atoms with Gasteiger partial charge in [-0.05, 0) is 12.8 Å². The number of ketones is 2. The predicted molar refractivity (Wildman–Crippen MR) is 176 cm³/mol. The molecule has 246 valence electrons. The van der Waals surface area contributed by atoms with E-state index in [0.29, 0.717) is 12.8 Å². The standard InChI is InChI=1S/C37H73NO2.ClH/c1-3-5-7-9-11-13-15-17-19-21-23-25-27-29-31-33-35(39)37(38)36(40)34-32-30-28-26-24-22-20-18-16-14-12-10-8-6-4-2;/h37H,3-34,38H2,1-2H3;1H. The third-order valence-electron chi connectivity index (χ3n) is 8.83. The molecule has 3 nitrogen and oxygen atoms in total. The number of rotatable bonds is 34. The predicted octanol–water partition coefficient (Wildman–Crippen LogP) is 8.26. The minimum atomic E-state index is -0.627. The van der Waals surface area contributed by atoms with E-state index in [0.717, 1.165) is 25.7 Å². The number of quaternary nitrogens is 1. The van der Waals surface area contributed by atoms with E-state index >= 15 is 0 Å². The molecule has 0 bridgehead atoms. The van der Waals surface area contributed by atoms with Crippen molar-refractivity contribution in [2.75, 3.05) is 0 Å². The summed E-state index contributed by atoms with van der Waals surface area (Å²) in [7, 11) is 0. The second kappa shape index (κ2) is 35.8. The average molecular weight is 600 g/mol. The van der Waals surface area contributed by atoms with Crippen molar-refractivity contribution in [1.29, 1.82) is 0 Å². The summed E-state index contributed by atoms with van der Waals surface area (Å²) in [6.45, 7) is 4.56. The molecule has 0 unspecified atom stereocenters. The van der Waals surface area contributed by atoms with E-state index in [1.807, 2.05) is 0 Å². The van der Waals surface area contributed by atoms with E-state index in [-0.39, 0.29) is 24.0 Å². The van der Waals surface area contributed by atoms with Crippen LogP contribution in [0.4, 0.5) is 0 Å². The molecule has 0 rings (SSSR count). The van der Waals surface area contributed by atoms with Gasteiger partial charge in [-0.2, -0.15) is 0 Å². The van der Waals surface area contributed by atoms with Crippen LogP contribution in [0.25, 0.3) is 0 Å². The van der Waals surface area contributed by atoms with Gasteiger partial charge in [0, 0.05) is 12.8 Å². The summed E-state index contributed by atoms with van der Waals surface area (Å²) in [5.74, 6) is 0.140. The van der Waals surface area contributed by atoms with Gasteiger partial charge in [0.2, 0.25) is 6.04 Å². The fraction of sp³-hybridized carbons (Fsp3) is 0.946. The largest absolute Gasteiger partial charge is 1.00 e. The Kier molecular flexibility index (Phi) is 37.3. The summed E-state index contributed by atoms with van der Waals surface area (Å²) < 4.78 is 0. The Labute approximate surface area is 264 Å². The van der Waals surface area contributed by atoms with Crippen LogP contribution in [0, 0.1) is 0 Å². The lowest BCUT2D eigenvalue weighted by Gasteiger charge is -2.07. The first-order chi connectivity index (χ1) is 19.6. The molecule has 4 heteroatoms. The molecule has 0 aromatic rings. The molecular weight excluding hydrogens is 526 g/mol. The quantitative estimate of drug-likeness (QED) is 0.0597. The number of hydrogen-bond donors (Lipinski definition) is 1. The van der Waals surface area contributed by atoms with Crippen LogP contribution in [-0.4, -0.2) is 17.6 Å². The Morgan fingerprint density at radius 1 is 0.366 bits per heavy atom. The second-order valence-electron chi connectivity index (χ2n) is 12.9. The highest BCUT2D eigenvalue weighted by Gasteiger charge is 2.24. The van der Waals surface area contributed by atoms with Gasteiger partial charge in [-0.3, -0.25) is 9.59 Å². The van der Waals surface area contributed by atoms with E-state index in [4.69, 9.17) is 0 Å². The second-order valence-corrected chi connectivity index (χ2v) is 12.9. The SMILES string of the molecule is CCCCCCCCCCCCCCCCCC(=O)C([NH3+])C(=O)CCCCCCCCCCCCCCCCC.[Cl-]. The summed E-state index contributed by atoms with van der Waals surface area (Å²) in [4.78, 5) is 24.8. The lowest BCUT2D eigenvalue weighted by atomic mass is 9.98. The molecule has 0 saturated heterocycles. The summed E-state index contributed by atoms with van der Waals surface area (Å²) in [6.07, 6.45) is 40.9. The van der Waals surface area contributed by atoms with Crippen LogP contribution in [-0.2, 0) is 9.59 Å². The van der Waals surface area contributed by atoms with Gasteiger partial charge in [-0.15, -0.1) is 0 Å². The summed E-state index contributed by atoms with van der Waals surface area (Å²) in [5, 5.41) is 0. The van der Waals surface area contributed by atoms with Crippen LogP contribution in [0.2, 0.25) is 0 Å². The molecule has 41 heavy (non-hydrogen) atoms. The summed E-state index contributed by atoms with van der Waals surface area (Å²) >= 11 is 0. The minimum Gasteiger partial charge on any atom is -1.00 e. The van der Waals surface area contributed by atoms with Crippen LogP contribution in [0.15, 0.2) is 0 Å². The summed E-state index contributed by atoms with van der Waals surface area (Å²) in [6, 6.07) is -0.627. The Hall–Kier alpha value is -0.410. The van der Waals surface area contributed by atoms with Gasteiger partial charge >= 0.3 is 0 Å². The summed E-state index contributed by atoms with van der Waals surface area (Å²) in [5.41, 5.74) is 3.92. The van der Waals surface area contributed by atoms with E-state index < -0.39 is 6.04 Å². The molecule has 0 aromatic heterocycles. The lowest BCUT2D eigenvalue weighted by molar-refractivity contribution is -0.388. The van der Waals surface area contributed by atoms with Crippen LogP contribution >= 0.6 is 0 Å². The average Bonchev–Trinajstić information content (AvgIpc) is 2.96. The maximum atomic E-state index is 12.4. The fourth-order valence-corrected chi connectivity index (χ4v) is 5.87. The molecule has 0 radical (unpaired) electrons. The van der Waals surface area contributed by atoms with Crippen LogP contribution in [0.5, 0.6) is 0 Å². The molecule has 0 atom stereocenters. The Balaban J connectivity index is 0. The monoisotopic (exact) mass is 600 g/mol. The van der Waals surface area contributed by atoms with Crippen LogP contribution in [0.1, 0.15) is 219 Å². The van der Waals surface area contributed by atoms with Crippen molar-refractivity contribution in [3.63, 3.8) is 0 Å². The number of hydrogen-bond acceptors (Lipinski definition) is 2. The van der Waals surface area contributed by atoms with E-state index in [9.17, 15) is 9.59 Å². The molecule has 0 aliphatic carbocycles. The highest BCUT2D eigenvalue weighted by Crippen LogP contribution is 2.16. The normalized spacial score (nSPS) is 11.2. The molecule has 0 spiro atoms. The van der Waals surface area contributed by atoms with Gasteiger partial charge in [-0.25, -0.2) is 0 Å². The maximum absolute atomic E-state index is 12.4. The zero-order chi connectivity index (χ0) is 29.4. The first-order valence-electron chi connectivity index (χ1n) is 18.5. The van der Waals surface area contributed by atoms with Gasteiger partial charge in [-0.1, -0.05) is 194 Å². The number of halogens is 1. The number of Topliss-reactive ketones (excluding diaryl/α,β-unsaturated/α-hetero) is 2. The molecule has 0 amide bonds. The minimum absolute atomic E-state index is 0. The first-order valence-corrected chi connectivity index (χ1v) is 18.5. The van der Waals surface area contributed by atoms with Crippen molar-refractivity contribution in [3.8, 4) is 0 Å². The van der Waals surface area contributed by atoms with Gasteiger partial charge in [0.25, 0.3) is 0 Å².